The van der Waals surface area contributed by atoms with Gasteiger partial charge in [-0.05, 0) is 69.0 Å². The van der Waals surface area contributed by atoms with Gasteiger partial charge in [0.05, 0.1) is 12.2 Å². The van der Waals surface area contributed by atoms with E-state index in [0.717, 1.165) is 46.6 Å². The summed E-state index contributed by atoms with van der Waals surface area (Å²) in [5, 5.41) is 10.8. The van der Waals surface area contributed by atoms with Crippen LogP contribution in [0.3, 0.4) is 0 Å². The van der Waals surface area contributed by atoms with Crippen molar-refractivity contribution >= 4 is 17.6 Å². The van der Waals surface area contributed by atoms with Crippen LogP contribution in [0.2, 0.25) is 0 Å². The average Bonchev–Trinajstić information content (AvgIpc) is 3.09. The third-order valence-electron chi connectivity index (χ3n) is 5.31. The van der Waals surface area contributed by atoms with Crippen LogP contribution in [-0.2, 0) is 13.1 Å². The smallest absolute Gasteiger partial charge is 0.257 e. The Morgan fingerprint density at radius 1 is 1.03 bits per heavy atom. The molecule has 3 aromatic rings. The number of benzene rings is 2. The van der Waals surface area contributed by atoms with Crippen LogP contribution in [-0.4, -0.2) is 21.6 Å². The van der Waals surface area contributed by atoms with Gasteiger partial charge in [0.25, 0.3) is 5.91 Å². The molecule has 0 bridgehead atoms. The Morgan fingerprint density at radius 2 is 1.81 bits per heavy atom. The van der Waals surface area contributed by atoms with Crippen LogP contribution in [0.15, 0.2) is 53.7 Å². The monoisotopic (exact) mass is 417 g/mol. The molecule has 6 heteroatoms. The highest BCUT2D eigenvalue weighted by Crippen LogP contribution is 2.14. The fraction of sp³-hybridized carbons (Fsp3) is 0.320. The van der Waals surface area contributed by atoms with E-state index in [9.17, 15) is 4.79 Å². The lowest BCUT2D eigenvalue weighted by atomic mass is 10.1. The molecule has 0 radical (unpaired) electrons. The van der Waals surface area contributed by atoms with E-state index in [4.69, 9.17) is 4.99 Å². The molecule has 0 unspecified atom stereocenters. The molecule has 162 valence electrons. The molecule has 0 spiro atoms. The molecule has 0 saturated carbocycles. The summed E-state index contributed by atoms with van der Waals surface area (Å²) < 4.78 is 1.95. The van der Waals surface area contributed by atoms with Gasteiger partial charge >= 0.3 is 0 Å². The third kappa shape index (κ3) is 5.81. The molecule has 1 aromatic heterocycles. The predicted molar refractivity (Wildman–Crippen MR) is 127 cm³/mol. The van der Waals surface area contributed by atoms with Crippen molar-refractivity contribution in [2.45, 2.75) is 54.1 Å². The molecule has 2 aromatic carbocycles. The van der Waals surface area contributed by atoms with Crippen LogP contribution >= 0.6 is 0 Å². The first kappa shape index (κ1) is 22.3. The molecule has 31 heavy (non-hydrogen) atoms. The van der Waals surface area contributed by atoms with Gasteiger partial charge in [0, 0.05) is 29.6 Å². The molecule has 1 amide bonds. The summed E-state index contributed by atoms with van der Waals surface area (Å²) in [7, 11) is 0. The Hall–Kier alpha value is -3.41. The summed E-state index contributed by atoms with van der Waals surface area (Å²) in [4.78, 5) is 17.6. The molecule has 1 heterocycles. The van der Waals surface area contributed by atoms with E-state index in [1.54, 1.807) is 0 Å². The molecule has 0 aliphatic rings. The Bertz CT molecular complexity index is 1100. The Kier molecular flexibility index (Phi) is 7.23. The fourth-order valence-electron chi connectivity index (χ4n) is 3.24. The average molecular weight is 418 g/mol. The second-order valence-electron chi connectivity index (χ2n) is 7.86. The largest absolute Gasteiger partial charge is 0.326 e. The number of rotatable bonds is 6. The van der Waals surface area contributed by atoms with Gasteiger partial charge in [-0.15, -0.1) is 0 Å². The van der Waals surface area contributed by atoms with Gasteiger partial charge in [-0.25, -0.2) is 4.99 Å². The first-order valence-electron chi connectivity index (χ1n) is 10.7. The van der Waals surface area contributed by atoms with Gasteiger partial charge in [0.2, 0.25) is 5.96 Å². The summed E-state index contributed by atoms with van der Waals surface area (Å²) in [6.07, 6.45) is 3.05. The van der Waals surface area contributed by atoms with Crippen molar-refractivity contribution in [2.75, 3.05) is 5.32 Å². The number of carbonyl (C=O) groups excluding carboxylic acids is 1. The molecule has 0 saturated heterocycles. The van der Waals surface area contributed by atoms with Gasteiger partial charge < -0.3 is 5.32 Å². The normalized spacial score (nSPS) is 11.5. The number of hydrogen-bond acceptors (Lipinski definition) is 3. The number of anilines is 1. The van der Waals surface area contributed by atoms with Gasteiger partial charge in [-0.3, -0.25) is 14.8 Å². The molecule has 0 aliphatic heterocycles. The zero-order valence-corrected chi connectivity index (χ0v) is 19.0. The summed E-state index contributed by atoms with van der Waals surface area (Å²) >= 11 is 0. The number of aromatic nitrogens is 2. The second kappa shape index (κ2) is 10.1. The molecule has 0 aliphatic carbocycles. The van der Waals surface area contributed by atoms with Gasteiger partial charge in [-0.1, -0.05) is 31.2 Å². The van der Waals surface area contributed by atoms with Gasteiger partial charge in [0.1, 0.15) is 0 Å². The molecule has 6 nitrogen and oxygen atoms in total. The Morgan fingerprint density at radius 3 is 2.52 bits per heavy atom. The van der Waals surface area contributed by atoms with Crippen LogP contribution in [0.1, 0.15) is 51.7 Å². The molecular formula is C25H31N5O. The maximum Gasteiger partial charge on any atom is 0.257 e. The summed E-state index contributed by atoms with van der Waals surface area (Å²) in [6.45, 7) is 11.5. The Labute approximate surface area is 184 Å². The fourth-order valence-corrected chi connectivity index (χ4v) is 3.24. The minimum absolute atomic E-state index is 0.193. The maximum atomic E-state index is 12.9. The van der Waals surface area contributed by atoms with Gasteiger partial charge in [0.15, 0.2) is 0 Å². The number of guanidine groups is 1. The number of para-hydroxylation sites is 1. The SMILES string of the molecule is CCCn1cc(CN=C(NC(=O)c2ccc(C)c(C)c2)Nc2ccccc2C)c(C)n1. The number of aryl methyl sites for hydroxylation is 5. The highest BCUT2D eigenvalue weighted by molar-refractivity contribution is 6.10. The highest BCUT2D eigenvalue weighted by atomic mass is 16.1. The molecule has 0 fully saturated rings. The van der Waals surface area contributed by atoms with Crippen molar-refractivity contribution in [2.24, 2.45) is 4.99 Å². The van der Waals surface area contributed by atoms with Crippen molar-refractivity contribution < 1.29 is 4.79 Å². The number of carbonyl (C=O) groups is 1. The number of nitrogens with zero attached hydrogens (tertiary/aromatic N) is 3. The molecule has 0 atom stereocenters. The number of amides is 1. The summed E-state index contributed by atoms with van der Waals surface area (Å²) in [5.41, 5.74) is 6.81. The summed E-state index contributed by atoms with van der Waals surface area (Å²) in [5.74, 6) is 0.224. The maximum absolute atomic E-state index is 12.9. The van der Waals surface area contributed by atoms with E-state index in [-0.39, 0.29) is 5.91 Å². The minimum atomic E-state index is -0.193. The highest BCUT2D eigenvalue weighted by Gasteiger charge is 2.12. The van der Waals surface area contributed by atoms with Crippen LogP contribution in [0.25, 0.3) is 0 Å². The minimum Gasteiger partial charge on any atom is -0.326 e. The van der Waals surface area contributed by atoms with Crippen LogP contribution in [0.4, 0.5) is 5.69 Å². The topological polar surface area (TPSA) is 71.3 Å². The molecule has 2 N–H and O–H groups in total. The lowest BCUT2D eigenvalue weighted by Crippen LogP contribution is -2.36. The second-order valence-corrected chi connectivity index (χ2v) is 7.86. The zero-order chi connectivity index (χ0) is 22.4. The third-order valence-corrected chi connectivity index (χ3v) is 5.31. The van der Waals surface area contributed by atoms with Crippen molar-refractivity contribution in [3.05, 3.63) is 82.2 Å². The van der Waals surface area contributed by atoms with E-state index in [0.29, 0.717) is 18.1 Å². The molecule has 3 rings (SSSR count). The first-order valence-corrected chi connectivity index (χ1v) is 10.7. The van der Waals surface area contributed by atoms with Crippen LogP contribution in [0, 0.1) is 27.7 Å². The van der Waals surface area contributed by atoms with Crippen molar-refractivity contribution in [3.63, 3.8) is 0 Å². The predicted octanol–water partition coefficient (Wildman–Crippen LogP) is 4.92. The van der Waals surface area contributed by atoms with Crippen molar-refractivity contribution in [1.29, 1.82) is 0 Å². The standard InChI is InChI=1S/C25H31N5O/c1-6-13-30-16-22(20(5)29-30)15-26-25(27-23-10-8-7-9-18(23)3)28-24(31)21-12-11-17(2)19(4)14-21/h7-12,14,16H,6,13,15H2,1-5H3,(H2,26,27,28,31). The zero-order valence-electron chi connectivity index (χ0n) is 19.0. The lowest BCUT2D eigenvalue weighted by Gasteiger charge is -2.14. The van der Waals surface area contributed by atoms with Crippen molar-refractivity contribution in [3.8, 4) is 0 Å². The van der Waals surface area contributed by atoms with Crippen LogP contribution in [0.5, 0.6) is 0 Å². The number of hydrogen-bond donors (Lipinski definition) is 2. The first-order chi connectivity index (χ1) is 14.9. The van der Waals surface area contributed by atoms with E-state index in [1.807, 2.05) is 81.0 Å². The number of aliphatic imine (C=N–C) groups is 1. The van der Waals surface area contributed by atoms with E-state index < -0.39 is 0 Å². The molecular weight excluding hydrogens is 386 g/mol. The Balaban J connectivity index is 1.85. The van der Waals surface area contributed by atoms with E-state index >= 15 is 0 Å². The van der Waals surface area contributed by atoms with Crippen molar-refractivity contribution in [1.82, 2.24) is 15.1 Å². The number of nitrogens with one attached hydrogen (secondary N) is 2. The summed E-state index contributed by atoms with van der Waals surface area (Å²) in [6, 6.07) is 13.6. The lowest BCUT2D eigenvalue weighted by molar-refractivity contribution is 0.0977. The van der Waals surface area contributed by atoms with Crippen LogP contribution < -0.4 is 10.6 Å². The van der Waals surface area contributed by atoms with E-state index in [2.05, 4.69) is 22.7 Å². The quantitative estimate of drug-likeness (QED) is 0.441. The van der Waals surface area contributed by atoms with Gasteiger partial charge in [-0.2, -0.15) is 5.10 Å². The van der Waals surface area contributed by atoms with E-state index in [1.165, 1.54) is 0 Å².